The van der Waals surface area contributed by atoms with E-state index in [0.29, 0.717) is 11.2 Å². The zero-order chi connectivity index (χ0) is 15.6. The third kappa shape index (κ3) is 3.05. The highest BCUT2D eigenvalue weighted by Crippen LogP contribution is 2.25. The molecule has 1 aromatic carbocycles. The maximum Gasteiger partial charge on any atom is 0.312 e. The molecule has 112 valence electrons. The summed E-state index contributed by atoms with van der Waals surface area (Å²) in [7, 11) is 1.77. The van der Waals surface area contributed by atoms with Crippen LogP contribution < -0.4 is 4.80 Å². The molecule has 0 aliphatic heterocycles. The van der Waals surface area contributed by atoms with Gasteiger partial charge in [0.05, 0.1) is 5.92 Å². The van der Waals surface area contributed by atoms with Crippen molar-refractivity contribution in [2.75, 3.05) is 0 Å². The van der Waals surface area contributed by atoms with Crippen LogP contribution in [0.3, 0.4) is 0 Å². The van der Waals surface area contributed by atoms with Crippen LogP contribution in [0.15, 0.2) is 29.3 Å². The number of carbonyl (C=O) groups is 1. The Morgan fingerprint density at radius 3 is 2.71 bits per heavy atom. The van der Waals surface area contributed by atoms with Crippen molar-refractivity contribution >= 4 is 23.0 Å². The Labute approximate surface area is 126 Å². The van der Waals surface area contributed by atoms with Crippen LogP contribution in [0.4, 0.5) is 10.1 Å². The molecular weight excluding hydrogens is 291 g/mol. The standard InChI is InChI=1S/C15H17FN2O2S/c1-4-10(14(19)20)13-9(2)21-15(18(13)3)17-12-8-6-5-7-11(12)16/h5-8,10H,4H2,1-3H3,(H,19,20)/b17-15+. The van der Waals surface area contributed by atoms with Crippen LogP contribution in [-0.4, -0.2) is 15.6 Å². The third-order valence-electron chi connectivity index (χ3n) is 3.36. The largest absolute Gasteiger partial charge is 0.481 e. The summed E-state index contributed by atoms with van der Waals surface area (Å²) < 4.78 is 15.4. The van der Waals surface area contributed by atoms with Gasteiger partial charge in [0, 0.05) is 17.6 Å². The molecule has 6 heteroatoms. The van der Waals surface area contributed by atoms with Gasteiger partial charge in [0.25, 0.3) is 0 Å². The molecule has 2 rings (SSSR count). The number of para-hydroxylation sites is 1. The number of nitrogens with zero attached hydrogens (tertiary/aromatic N) is 2. The van der Waals surface area contributed by atoms with E-state index < -0.39 is 17.7 Å². The van der Waals surface area contributed by atoms with E-state index in [9.17, 15) is 14.3 Å². The van der Waals surface area contributed by atoms with Crippen LogP contribution in [0.2, 0.25) is 0 Å². The summed E-state index contributed by atoms with van der Waals surface area (Å²) in [6.45, 7) is 3.70. The normalized spacial score (nSPS) is 13.4. The number of hydrogen-bond donors (Lipinski definition) is 1. The summed E-state index contributed by atoms with van der Waals surface area (Å²) in [4.78, 5) is 17.1. The molecule has 21 heavy (non-hydrogen) atoms. The summed E-state index contributed by atoms with van der Waals surface area (Å²) in [5.41, 5.74) is 0.981. The molecule has 1 aromatic heterocycles. The van der Waals surface area contributed by atoms with E-state index in [4.69, 9.17) is 0 Å². The Bertz CT molecular complexity index is 734. The molecule has 0 saturated carbocycles. The molecule has 1 heterocycles. The number of carboxylic acids is 1. The van der Waals surface area contributed by atoms with E-state index in [1.54, 1.807) is 29.8 Å². The molecule has 1 atom stereocenters. The molecule has 0 spiro atoms. The summed E-state index contributed by atoms with van der Waals surface area (Å²) in [6, 6.07) is 6.28. The second kappa shape index (κ2) is 6.22. The highest BCUT2D eigenvalue weighted by molar-refractivity contribution is 7.09. The first-order chi connectivity index (χ1) is 9.95. The molecular formula is C15H17FN2O2S. The molecule has 1 unspecified atom stereocenters. The number of carboxylic acid groups (broad SMARTS) is 1. The van der Waals surface area contributed by atoms with Crippen LogP contribution in [0.5, 0.6) is 0 Å². The molecule has 0 amide bonds. The van der Waals surface area contributed by atoms with Crippen LogP contribution in [0.25, 0.3) is 0 Å². The van der Waals surface area contributed by atoms with Gasteiger partial charge in [0.15, 0.2) is 4.80 Å². The maximum absolute atomic E-state index is 13.7. The summed E-state index contributed by atoms with van der Waals surface area (Å²) >= 11 is 1.37. The van der Waals surface area contributed by atoms with Gasteiger partial charge in [0.1, 0.15) is 11.5 Å². The van der Waals surface area contributed by atoms with E-state index in [1.165, 1.54) is 17.4 Å². The van der Waals surface area contributed by atoms with Gasteiger partial charge in [-0.15, -0.1) is 11.3 Å². The van der Waals surface area contributed by atoms with Gasteiger partial charge < -0.3 is 9.67 Å². The topological polar surface area (TPSA) is 54.6 Å². The molecule has 1 N–H and O–H groups in total. The number of aliphatic carboxylic acids is 1. The molecule has 0 radical (unpaired) electrons. The van der Waals surface area contributed by atoms with Crippen molar-refractivity contribution in [3.63, 3.8) is 0 Å². The first-order valence-corrected chi connectivity index (χ1v) is 7.45. The van der Waals surface area contributed by atoms with Crippen LogP contribution >= 0.6 is 11.3 Å². The van der Waals surface area contributed by atoms with Crippen molar-refractivity contribution in [2.45, 2.75) is 26.2 Å². The highest BCUT2D eigenvalue weighted by Gasteiger charge is 2.23. The van der Waals surface area contributed by atoms with E-state index in [-0.39, 0.29) is 5.69 Å². The lowest BCUT2D eigenvalue weighted by atomic mass is 10.0. The summed E-state index contributed by atoms with van der Waals surface area (Å²) in [6.07, 6.45) is 0.500. The van der Waals surface area contributed by atoms with Gasteiger partial charge >= 0.3 is 5.97 Å². The van der Waals surface area contributed by atoms with E-state index in [1.807, 2.05) is 13.8 Å². The van der Waals surface area contributed by atoms with Crippen LogP contribution in [-0.2, 0) is 11.8 Å². The Morgan fingerprint density at radius 1 is 1.48 bits per heavy atom. The third-order valence-corrected chi connectivity index (χ3v) is 4.42. The SMILES string of the molecule is CCC(C(=O)O)c1c(C)s/c(=N/c2ccccc2F)n1C. The molecule has 2 aromatic rings. The van der Waals surface area contributed by atoms with Gasteiger partial charge in [-0.3, -0.25) is 4.79 Å². The highest BCUT2D eigenvalue weighted by atomic mass is 32.1. The second-order valence-corrected chi connectivity index (χ2v) is 5.93. The lowest BCUT2D eigenvalue weighted by Gasteiger charge is -2.12. The van der Waals surface area contributed by atoms with Gasteiger partial charge in [-0.25, -0.2) is 9.38 Å². The Hall–Kier alpha value is -1.95. The van der Waals surface area contributed by atoms with Gasteiger partial charge in [-0.2, -0.15) is 0 Å². The number of hydrogen-bond acceptors (Lipinski definition) is 3. The zero-order valence-electron chi connectivity index (χ0n) is 12.1. The zero-order valence-corrected chi connectivity index (χ0v) is 12.9. The van der Waals surface area contributed by atoms with Crippen LogP contribution in [0.1, 0.15) is 29.8 Å². The number of aryl methyl sites for hydroxylation is 1. The van der Waals surface area contributed by atoms with E-state index in [2.05, 4.69) is 4.99 Å². The summed E-state index contributed by atoms with van der Waals surface area (Å²) in [5, 5.41) is 9.32. The fraction of sp³-hybridized carbons (Fsp3) is 0.333. The van der Waals surface area contributed by atoms with Crippen molar-refractivity contribution < 1.29 is 14.3 Å². The Kier molecular flexibility index (Phi) is 4.57. The average molecular weight is 308 g/mol. The predicted octanol–water partition coefficient (Wildman–Crippen LogP) is 3.34. The Balaban J connectivity index is 2.59. The summed E-state index contributed by atoms with van der Waals surface area (Å²) in [5.74, 6) is -1.82. The van der Waals surface area contributed by atoms with E-state index in [0.717, 1.165) is 10.6 Å². The lowest BCUT2D eigenvalue weighted by Crippen LogP contribution is -2.20. The molecule has 0 fully saturated rings. The molecule has 4 nitrogen and oxygen atoms in total. The minimum atomic E-state index is -0.855. The number of rotatable bonds is 4. The second-order valence-electron chi connectivity index (χ2n) is 4.75. The monoisotopic (exact) mass is 308 g/mol. The van der Waals surface area contributed by atoms with Crippen molar-refractivity contribution in [1.29, 1.82) is 0 Å². The van der Waals surface area contributed by atoms with Gasteiger partial charge in [-0.05, 0) is 25.5 Å². The van der Waals surface area contributed by atoms with Crippen LogP contribution in [0, 0.1) is 12.7 Å². The minimum Gasteiger partial charge on any atom is -0.481 e. The molecule has 0 bridgehead atoms. The molecule has 0 aliphatic rings. The molecule has 0 aliphatic carbocycles. The smallest absolute Gasteiger partial charge is 0.312 e. The number of aromatic nitrogens is 1. The van der Waals surface area contributed by atoms with Gasteiger partial charge in [-0.1, -0.05) is 19.1 Å². The average Bonchev–Trinajstić information content (AvgIpc) is 2.70. The number of halogens is 1. The molecule has 0 saturated heterocycles. The van der Waals surface area contributed by atoms with Gasteiger partial charge in [0.2, 0.25) is 0 Å². The van der Waals surface area contributed by atoms with Crippen molar-refractivity contribution in [3.05, 3.63) is 45.5 Å². The van der Waals surface area contributed by atoms with E-state index >= 15 is 0 Å². The minimum absolute atomic E-state index is 0.254. The van der Waals surface area contributed by atoms with Crippen molar-refractivity contribution in [1.82, 2.24) is 4.57 Å². The number of thiazole rings is 1. The fourth-order valence-electron chi connectivity index (χ4n) is 2.30. The maximum atomic E-state index is 13.7. The Morgan fingerprint density at radius 2 is 2.14 bits per heavy atom. The lowest BCUT2D eigenvalue weighted by molar-refractivity contribution is -0.139. The first kappa shape index (κ1) is 15.4. The van der Waals surface area contributed by atoms with Crippen molar-refractivity contribution in [3.8, 4) is 0 Å². The van der Waals surface area contributed by atoms with Crippen molar-refractivity contribution in [2.24, 2.45) is 12.0 Å². The quantitative estimate of drug-likeness (QED) is 0.941. The first-order valence-electron chi connectivity index (χ1n) is 6.64. The fourth-order valence-corrected chi connectivity index (χ4v) is 3.34. The predicted molar refractivity (Wildman–Crippen MR) is 80.3 cm³/mol. The number of benzene rings is 1.